The first-order chi connectivity index (χ1) is 8.24. The smallest absolute Gasteiger partial charge is 0.360 e. The average Bonchev–Trinajstić information content (AvgIpc) is 2.73. The second-order valence-corrected chi connectivity index (χ2v) is 4.94. The summed E-state index contributed by atoms with van der Waals surface area (Å²) in [6.07, 6.45) is 1.76. The van der Waals surface area contributed by atoms with Crippen molar-refractivity contribution in [2.24, 2.45) is 0 Å². The lowest BCUT2D eigenvalue weighted by Gasteiger charge is -2.05. The van der Waals surface area contributed by atoms with Crippen molar-refractivity contribution in [3.63, 3.8) is 0 Å². The summed E-state index contributed by atoms with van der Waals surface area (Å²) in [6.45, 7) is 4.98. The van der Waals surface area contributed by atoms with Gasteiger partial charge >= 0.3 is 5.97 Å². The number of aromatic nitrogens is 3. The van der Waals surface area contributed by atoms with E-state index in [4.69, 9.17) is 4.74 Å². The molecule has 0 unspecified atom stereocenters. The molecule has 0 saturated carbocycles. The number of hydrogen-bond donors (Lipinski definition) is 0. The lowest BCUT2D eigenvalue weighted by Crippen LogP contribution is -2.11. The molecule has 5 nitrogen and oxygen atoms in total. The van der Waals surface area contributed by atoms with Crippen LogP contribution in [0.1, 0.15) is 36.5 Å². The number of ether oxygens (including phenoxy) is 1. The molecule has 0 fully saturated rings. The summed E-state index contributed by atoms with van der Waals surface area (Å²) < 4.78 is 6.52. The van der Waals surface area contributed by atoms with Gasteiger partial charge in [0.25, 0.3) is 0 Å². The van der Waals surface area contributed by atoms with Crippen LogP contribution in [0.5, 0.6) is 0 Å². The Morgan fingerprint density at radius 3 is 2.82 bits per heavy atom. The monoisotopic (exact) mass is 257 g/mol. The van der Waals surface area contributed by atoms with Crippen molar-refractivity contribution >= 4 is 17.7 Å². The molecule has 1 aromatic heterocycles. The van der Waals surface area contributed by atoms with Crippen molar-refractivity contribution in [3.8, 4) is 0 Å². The van der Waals surface area contributed by atoms with E-state index < -0.39 is 5.97 Å². The van der Waals surface area contributed by atoms with Crippen molar-refractivity contribution in [3.05, 3.63) is 11.4 Å². The highest BCUT2D eigenvalue weighted by atomic mass is 32.2. The lowest BCUT2D eigenvalue weighted by atomic mass is 10.2. The van der Waals surface area contributed by atoms with E-state index in [2.05, 4.69) is 24.2 Å². The molecular formula is C11H19N3O2S. The zero-order chi connectivity index (χ0) is 12.7. The molecule has 0 aliphatic heterocycles. The van der Waals surface area contributed by atoms with Gasteiger partial charge in [0.2, 0.25) is 0 Å². The van der Waals surface area contributed by atoms with Crippen LogP contribution in [0.25, 0.3) is 0 Å². The Kier molecular flexibility index (Phi) is 6.04. The van der Waals surface area contributed by atoms with Crippen molar-refractivity contribution in [1.82, 2.24) is 15.0 Å². The highest BCUT2D eigenvalue weighted by Gasteiger charge is 2.19. The average molecular weight is 257 g/mol. The number of rotatable bonds is 7. The van der Waals surface area contributed by atoms with E-state index in [0.29, 0.717) is 5.69 Å². The fourth-order valence-electron chi connectivity index (χ4n) is 1.55. The van der Waals surface area contributed by atoms with Gasteiger partial charge in [-0.3, -0.25) is 0 Å². The summed E-state index contributed by atoms with van der Waals surface area (Å²) in [4.78, 5) is 11.5. The lowest BCUT2D eigenvalue weighted by molar-refractivity contribution is 0.0592. The summed E-state index contributed by atoms with van der Waals surface area (Å²) >= 11 is 1.85. The SMILES string of the molecule is CCCc1c(C(=O)OC)nnn1CCSCC. The Labute approximate surface area is 106 Å². The Morgan fingerprint density at radius 1 is 1.47 bits per heavy atom. The summed E-state index contributed by atoms with van der Waals surface area (Å²) in [5, 5.41) is 7.94. The molecule has 0 spiro atoms. The predicted molar refractivity (Wildman–Crippen MR) is 68.4 cm³/mol. The number of thioether (sulfide) groups is 1. The zero-order valence-electron chi connectivity index (χ0n) is 10.6. The van der Waals surface area contributed by atoms with Gasteiger partial charge in [-0.25, -0.2) is 9.48 Å². The first kappa shape index (κ1) is 14.0. The molecule has 0 atom stereocenters. The number of carbonyl (C=O) groups is 1. The summed E-state index contributed by atoms with van der Waals surface area (Å²) in [5.74, 6) is 1.67. The third-order valence-electron chi connectivity index (χ3n) is 2.35. The summed E-state index contributed by atoms with van der Waals surface area (Å²) in [7, 11) is 1.37. The number of hydrogen-bond acceptors (Lipinski definition) is 5. The van der Waals surface area contributed by atoms with Crippen LogP contribution in [0.2, 0.25) is 0 Å². The Morgan fingerprint density at radius 2 is 2.24 bits per heavy atom. The van der Waals surface area contributed by atoms with Gasteiger partial charge in [0.15, 0.2) is 5.69 Å². The third kappa shape index (κ3) is 3.73. The molecule has 17 heavy (non-hydrogen) atoms. The van der Waals surface area contributed by atoms with E-state index in [9.17, 15) is 4.79 Å². The maximum Gasteiger partial charge on any atom is 0.360 e. The minimum absolute atomic E-state index is 0.357. The second kappa shape index (κ2) is 7.32. The van der Waals surface area contributed by atoms with Gasteiger partial charge in [0.1, 0.15) is 0 Å². The molecule has 1 heterocycles. The molecule has 1 rings (SSSR count). The predicted octanol–water partition coefficient (Wildman–Crippen LogP) is 1.77. The highest BCUT2D eigenvalue weighted by molar-refractivity contribution is 7.99. The molecule has 0 amide bonds. The first-order valence-corrected chi connectivity index (χ1v) is 6.98. The Bertz CT molecular complexity index is 366. The van der Waals surface area contributed by atoms with Crippen LogP contribution in [0.3, 0.4) is 0 Å². The van der Waals surface area contributed by atoms with Gasteiger partial charge in [-0.15, -0.1) is 5.10 Å². The van der Waals surface area contributed by atoms with Crippen molar-refractivity contribution < 1.29 is 9.53 Å². The third-order valence-corrected chi connectivity index (χ3v) is 3.23. The first-order valence-electron chi connectivity index (χ1n) is 5.83. The van der Waals surface area contributed by atoms with E-state index in [-0.39, 0.29) is 0 Å². The highest BCUT2D eigenvalue weighted by Crippen LogP contribution is 2.11. The van der Waals surface area contributed by atoms with Crippen LogP contribution >= 0.6 is 11.8 Å². The van der Waals surface area contributed by atoms with Gasteiger partial charge in [0, 0.05) is 5.75 Å². The molecular weight excluding hydrogens is 238 g/mol. The molecule has 0 saturated heterocycles. The quantitative estimate of drug-likeness (QED) is 0.550. The molecule has 1 aromatic rings. The Hall–Kier alpha value is -1.04. The summed E-state index contributed by atoms with van der Waals surface area (Å²) in [5.41, 5.74) is 1.24. The van der Waals surface area contributed by atoms with Gasteiger partial charge < -0.3 is 4.74 Å². The summed E-state index contributed by atoms with van der Waals surface area (Å²) in [6, 6.07) is 0. The zero-order valence-corrected chi connectivity index (χ0v) is 11.4. The fraction of sp³-hybridized carbons (Fsp3) is 0.727. The van der Waals surface area contributed by atoms with Crippen LogP contribution in [-0.2, 0) is 17.7 Å². The molecule has 0 aromatic carbocycles. The van der Waals surface area contributed by atoms with E-state index in [1.165, 1.54) is 7.11 Å². The second-order valence-electron chi connectivity index (χ2n) is 3.55. The molecule has 0 radical (unpaired) electrons. The van der Waals surface area contributed by atoms with Crippen molar-refractivity contribution in [1.29, 1.82) is 0 Å². The molecule has 6 heteroatoms. The van der Waals surface area contributed by atoms with Crippen molar-refractivity contribution in [2.45, 2.75) is 33.2 Å². The molecule has 0 aliphatic carbocycles. The van der Waals surface area contributed by atoms with Crippen LogP contribution < -0.4 is 0 Å². The number of methoxy groups -OCH3 is 1. The molecule has 96 valence electrons. The molecule has 0 bridgehead atoms. The standard InChI is InChI=1S/C11H19N3O2S/c1-4-6-9-10(11(15)16-3)12-13-14(9)7-8-17-5-2/h4-8H2,1-3H3. The topological polar surface area (TPSA) is 57.0 Å². The van der Waals surface area contributed by atoms with Gasteiger partial charge in [-0.2, -0.15) is 11.8 Å². The number of nitrogens with zero attached hydrogens (tertiary/aromatic N) is 3. The molecule has 0 aliphatic rings. The van der Waals surface area contributed by atoms with E-state index >= 15 is 0 Å². The van der Waals surface area contributed by atoms with Gasteiger partial charge in [-0.05, 0) is 12.2 Å². The molecule has 0 N–H and O–H groups in total. The number of esters is 1. The number of aryl methyl sites for hydroxylation is 1. The minimum atomic E-state index is -0.400. The van der Waals surface area contributed by atoms with E-state index in [0.717, 1.165) is 36.6 Å². The minimum Gasteiger partial charge on any atom is -0.464 e. The van der Waals surface area contributed by atoms with Gasteiger partial charge in [0.05, 0.1) is 19.3 Å². The maximum absolute atomic E-state index is 11.5. The fourth-order valence-corrected chi connectivity index (χ4v) is 2.14. The normalized spacial score (nSPS) is 10.5. The van der Waals surface area contributed by atoms with Crippen LogP contribution in [-0.4, -0.2) is 39.6 Å². The van der Waals surface area contributed by atoms with Crippen molar-refractivity contribution in [2.75, 3.05) is 18.6 Å². The van der Waals surface area contributed by atoms with Gasteiger partial charge in [-0.1, -0.05) is 25.5 Å². The van der Waals surface area contributed by atoms with Crippen LogP contribution in [0.15, 0.2) is 0 Å². The maximum atomic E-state index is 11.5. The van der Waals surface area contributed by atoms with E-state index in [1.807, 2.05) is 16.4 Å². The van der Waals surface area contributed by atoms with Crippen LogP contribution in [0, 0.1) is 0 Å². The van der Waals surface area contributed by atoms with Crippen LogP contribution in [0.4, 0.5) is 0 Å². The van der Waals surface area contributed by atoms with E-state index in [1.54, 1.807) is 0 Å². The number of carbonyl (C=O) groups excluding carboxylic acids is 1. The Balaban J connectivity index is 2.82. The largest absolute Gasteiger partial charge is 0.464 e.